The molecule has 0 fully saturated rings. The van der Waals surface area contributed by atoms with Gasteiger partial charge in [-0.05, 0) is 59.7 Å². The molecule has 2 aromatic carbocycles. The second-order valence-electron chi connectivity index (χ2n) is 9.35. The summed E-state index contributed by atoms with van der Waals surface area (Å²) in [4.78, 5) is 27.4. The maximum absolute atomic E-state index is 11.6. The zero-order chi connectivity index (χ0) is 27.6. The molecular formula is C29H23Cl2N5O4. The number of hydrogen-bond acceptors (Lipinski definition) is 7. The Hall–Kier alpha value is -4.18. The third-order valence-electron chi connectivity index (χ3n) is 6.66. The van der Waals surface area contributed by atoms with Gasteiger partial charge in [0.1, 0.15) is 31.0 Å². The Morgan fingerprint density at radius 2 is 1.95 bits per heavy atom. The first kappa shape index (κ1) is 26.1. The average Bonchev–Trinajstić information content (AvgIpc) is 3.70. The molecule has 202 valence electrons. The molecule has 0 radical (unpaired) electrons. The van der Waals surface area contributed by atoms with Gasteiger partial charge in [0.2, 0.25) is 5.89 Å². The summed E-state index contributed by atoms with van der Waals surface area (Å²) in [6.07, 6.45) is 7.08. The smallest absolute Gasteiger partial charge is 0.335 e. The van der Waals surface area contributed by atoms with Crippen LogP contribution >= 0.6 is 23.2 Å². The summed E-state index contributed by atoms with van der Waals surface area (Å²) in [5.74, 6) is 0.883. The van der Waals surface area contributed by atoms with Crippen molar-refractivity contribution in [2.24, 2.45) is 0 Å². The van der Waals surface area contributed by atoms with Crippen molar-refractivity contribution in [2.75, 3.05) is 13.1 Å². The number of carboxylic acids is 1. The number of carbonyl (C=O) groups is 1. The Bertz CT molecular complexity index is 1730. The van der Waals surface area contributed by atoms with Crippen LogP contribution in [0.15, 0.2) is 77.7 Å². The van der Waals surface area contributed by atoms with Gasteiger partial charge in [-0.2, -0.15) is 0 Å². The van der Waals surface area contributed by atoms with E-state index in [9.17, 15) is 9.90 Å². The van der Waals surface area contributed by atoms with Gasteiger partial charge >= 0.3 is 5.97 Å². The maximum atomic E-state index is 11.6. The van der Waals surface area contributed by atoms with Crippen LogP contribution in [0.25, 0.3) is 16.6 Å². The highest BCUT2D eigenvalue weighted by Crippen LogP contribution is 2.29. The van der Waals surface area contributed by atoms with Gasteiger partial charge in [0.05, 0.1) is 40.1 Å². The van der Waals surface area contributed by atoms with Gasteiger partial charge < -0.3 is 18.8 Å². The van der Waals surface area contributed by atoms with Crippen LogP contribution in [0.1, 0.15) is 33.3 Å². The topological polar surface area (TPSA) is 107 Å². The molecule has 0 bridgehead atoms. The van der Waals surface area contributed by atoms with Crippen LogP contribution in [0.4, 0.5) is 0 Å². The van der Waals surface area contributed by atoms with E-state index in [1.807, 2.05) is 16.7 Å². The lowest BCUT2D eigenvalue weighted by molar-refractivity contribution is 0.0697. The minimum absolute atomic E-state index is 0.202. The van der Waals surface area contributed by atoms with Gasteiger partial charge in [-0.3, -0.25) is 9.88 Å². The highest BCUT2D eigenvalue weighted by molar-refractivity contribution is 6.35. The van der Waals surface area contributed by atoms with Crippen molar-refractivity contribution in [3.63, 3.8) is 0 Å². The number of aromatic nitrogens is 4. The van der Waals surface area contributed by atoms with Gasteiger partial charge in [0, 0.05) is 24.3 Å². The van der Waals surface area contributed by atoms with Crippen LogP contribution in [0.3, 0.4) is 0 Å². The number of rotatable bonds is 9. The quantitative estimate of drug-likeness (QED) is 0.230. The summed E-state index contributed by atoms with van der Waals surface area (Å²) in [5.41, 5.74) is 4.67. The fourth-order valence-corrected chi connectivity index (χ4v) is 5.17. The van der Waals surface area contributed by atoms with Gasteiger partial charge in [0.25, 0.3) is 0 Å². The van der Waals surface area contributed by atoms with Crippen molar-refractivity contribution in [3.05, 3.63) is 112 Å². The van der Waals surface area contributed by atoms with E-state index in [1.54, 1.807) is 48.8 Å². The first-order valence-corrected chi connectivity index (χ1v) is 13.2. The molecule has 0 spiro atoms. The van der Waals surface area contributed by atoms with Crippen molar-refractivity contribution >= 4 is 45.8 Å². The van der Waals surface area contributed by atoms with Crippen LogP contribution in [-0.2, 0) is 19.7 Å². The number of ether oxygens (including phenoxy) is 1. The molecule has 1 aliphatic heterocycles. The van der Waals surface area contributed by atoms with E-state index in [0.29, 0.717) is 34.8 Å². The number of carboxylic acid groups (broad SMARTS) is 1. The molecule has 40 heavy (non-hydrogen) atoms. The molecule has 0 saturated carbocycles. The van der Waals surface area contributed by atoms with Crippen molar-refractivity contribution in [3.8, 4) is 5.75 Å². The van der Waals surface area contributed by atoms with Gasteiger partial charge in [-0.25, -0.2) is 14.8 Å². The number of pyridine rings is 1. The van der Waals surface area contributed by atoms with E-state index in [0.717, 1.165) is 41.2 Å². The van der Waals surface area contributed by atoms with E-state index < -0.39 is 5.97 Å². The molecule has 0 saturated heterocycles. The number of halogens is 2. The fourth-order valence-electron chi connectivity index (χ4n) is 4.71. The fraction of sp³-hybridized carbons (Fsp3) is 0.172. The number of oxazole rings is 1. The number of nitrogens with zero attached hydrogens (tertiary/aromatic N) is 5. The van der Waals surface area contributed by atoms with Crippen molar-refractivity contribution in [2.45, 2.75) is 19.7 Å². The highest BCUT2D eigenvalue weighted by atomic mass is 35.5. The predicted octanol–water partition coefficient (Wildman–Crippen LogP) is 5.95. The lowest BCUT2D eigenvalue weighted by Gasteiger charge is -2.17. The van der Waals surface area contributed by atoms with Crippen LogP contribution < -0.4 is 4.74 Å². The molecule has 0 aliphatic carbocycles. The lowest BCUT2D eigenvalue weighted by Crippen LogP contribution is -2.23. The third-order valence-corrected chi connectivity index (χ3v) is 7.19. The van der Waals surface area contributed by atoms with Crippen LogP contribution in [0, 0.1) is 0 Å². The molecule has 4 heterocycles. The van der Waals surface area contributed by atoms with Crippen molar-refractivity contribution < 1.29 is 19.1 Å². The average molecular weight is 576 g/mol. The van der Waals surface area contributed by atoms with Crippen LogP contribution in [0.2, 0.25) is 10.0 Å². The zero-order valence-electron chi connectivity index (χ0n) is 21.1. The number of imidazole rings is 1. The SMILES string of the molecule is O=C(O)c1ccc2nc(CN3CC=C(c4ccnc(COc5ccc(Cl)cc5Cl)c4)C3)n(Cc3ncco3)c2c1. The molecule has 6 rings (SSSR count). The summed E-state index contributed by atoms with van der Waals surface area (Å²) in [6, 6.07) is 14.1. The molecule has 0 unspecified atom stereocenters. The van der Waals surface area contributed by atoms with Crippen LogP contribution in [-0.4, -0.2) is 48.6 Å². The monoisotopic (exact) mass is 575 g/mol. The molecule has 0 amide bonds. The summed E-state index contributed by atoms with van der Waals surface area (Å²) in [6.45, 7) is 2.65. The Morgan fingerprint density at radius 3 is 2.75 bits per heavy atom. The molecule has 0 atom stereocenters. The van der Waals surface area contributed by atoms with E-state index in [4.69, 9.17) is 37.3 Å². The first-order chi connectivity index (χ1) is 19.4. The summed E-state index contributed by atoms with van der Waals surface area (Å²) >= 11 is 12.2. The van der Waals surface area contributed by atoms with E-state index in [-0.39, 0.29) is 12.2 Å². The van der Waals surface area contributed by atoms with Crippen LogP contribution in [0.5, 0.6) is 5.75 Å². The lowest BCUT2D eigenvalue weighted by atomic mass is 10.1. The Labute approximate surface area is 239 Å². The third kappa shape index (κ3) is 5.58. The number of hydrogen-bond donors (Lipinski definition) is 1. The largest absolute Gasteiger partial charge is 0.486 e. The molecule has 3 aromatic heterocycles. The molecule has 11 heteroatoms. The predicted molar refractivity (Wildman–Crippen MR) is 151 cm³/mol. The number of aromatic carboxylic acids is 1. The zero-order valence-corrected chi connectivity index (χ0v) is 22.6. The minimum atomic E-state index is -0.987. The second-order valence-corrected chi connectivity index (χ2v) is 10.2. The standard InChI is InChI=1S/C29H23Cl2N5O4/c30-21-2-4-26(23(31)13-21)40-17-22-11-18(5-7-32-22)20-6-9-35(14-20)15-27-34-24-3-1-19(29(37)38)12-25(24)36(27)16-28-33-8-10-39-28/h1-8,10-13H,9,14-17H2,(H,37,38). The summed E-state index contributed by atoms with van der Waals surface area (Å²) in [5, 5.41) is 10.5. The summed E-state index contributed by atoms with van der Waals surface area (Å²) in [7, 11) is 0. The Kier molecular flexibility index (Phi) is 7.25. The van der Waals surface area contributed by atoms with Crippen molar-refractivity contribution in [1.29, 1.82) is 0 Å². The Morgan fingerprint density at radius 1 is 1.05 bits per heavy atom. The van der Waals surface area contributed by atoms with Gasteiger partial charge in [-0.1, -0.05) is 29.3 Å². The minimum Gasteiger partial charge on any atom is -0.486 e. The second kappa shape index (κ2) is 11.1. The van der Waals surface area contributed by atoms with E-state index in [2.05, 4.69) is 20.9 Å². The maximum Gasteiger partial charge on any atom is 0.335 e. The van der Waals surface area contributed by atoms with E-state index in [1.165, 1.54) is 11.8 Å². The molecular weight excluding hydrogens is 553 g/mol. The van der Waals surface area contributed by atoms with Crippen molar-refractivity contribution in [1.82, 2.24) is 24.4 Å². The number of benzene rings is 2. The summed E-state index contributed by atoms with van der Waals surface area (Å²) < 4.78 is 13.3. The molecule has 9 nitrogen and oxygen atoms in total. The molecule has 1 aliphatic rings. The molecule has 5 aromatic rings. The normalized spacial score (nSPS) is 13.6. The first-order valence-electron chi connectivity index (χ1n) is 12.5. The number of fused-ring (bicyclic) bond motifs is 1. The van der Waals surface area contributed by atoms with E-state index >= 15 is 0 Å². The molecule has 1 N–H and O–H groups in total. The Balaban J connectivity index is 1.18. The van der Waals surface area contributed by atoms with Gasteiger partial charge in [-0.15, -0.1) is 0 Å². The van der Waals surface area contributed by atoms with Gasteiger partial charge in [0.15, 0.2) is 0 Å². The highest BCUT2D eigenvalue weighted by Gasteiger charge is 2.21.